The zero-order chi connectivity index (χ0) is 24.0. The van der Waals surface area contributed by atoms with Gasteiger partial charge in [-0.15, -0.1) is 0 Å². The molecule has 0 spiro atoms. The summed E-state index contributed by atoms with van der Waals surface area (Å²) in [7, 11) is 2.84. The number of hydrogen-bond donors (Lipinski definition) is 1. The standard InChI is InChI=1S/C25H20BrFN2O5/c1-32-21-10-8-16(22(25(30)31)23(21)33-2)24-29-19(17-11-14(26)5-9-20(17)34-24)12-18(28-29)13-3-6-15(27)7-4-13/h3-11,19,24H,12H2,1-2H3,(H,30,31)/t19-,24-/m1/s1. The van der Waals surface area contributed by atoms with E-state index in [0.29, 0.717) is 23.5 Å². The van der Waals surface area contributed by atoms with Crippen LogP contribution in [-0.4, -0.2) is 36.0 Å². The predicted octanol–water partition coefficient (Wildman–Crippen LogP) is 5.55. The quantitative estimate of drug-likeness (QED) is 0.469. The Labute approximate surface area is 203 Å². The van der Waals surface area contributed by atoms with Crippen LogP contribution in [0.15, 0.2) is 64.2 Å². The molecule has 0 radical (unpaired) electrons. The Balaban J connectivity index is 1.67. The van der Waals surface area contributed by atoms with Crippen molar-refractivity contribution in [3.8, 4) is 17.2 Å². The number of halogens is 2. The number of aromatic carboxylic acids is 1. The third kappa shape index (κ3) is 3.66. The molecule has 9 heteroatoms. The fourth-order valence-electron chi connectivity index (χ4n) is 4.45. The summed E-state index contributed by atoms with van der Waals surface area (Å²) in [4.78, 5) is 12.3. The Hall–Kier alpha value is -3.59. The van der Waals surface area contributed by atoms with Crippen LogP contribution in [0.1, 0.15) is 45.7 Å². The van der Waals surface area contributed by atoms with E-state index in [-0.39, 0.29) is 23.2 Å². The number of benzene rings is 3. The lowest BCUT2D eigenvalue weighted by Crippen LogP contribution is -2.34. The van der Waals surface area contributed by atoms with Crippen molar-refractivity contribution in [2.45, 2.75) is 18.7 Å². The lowest BCUT2D eigenvalue weighted by molar-refractivity contribution is -0.0199. The lowest BCUT2D eigenvalue weighted by atomic mass is 9.95. The van der Waals surface area contributed by atoms with Gasteiger partial charge in [0, 0.05) is 22.0 Å². The summed E-state index contributed by atoms with van der Waals surface area (Å²) in [5.41, 5.74) is 2.79. The van der Waals surface area contributed by atoms with Gasteiger partial charge in [-0.25, -0.2) is 14.2 Å². The van der Waals surface area contributed by atoms with Crippen LogP contribution in [0.4, 0.5) is 4.39 Å². The molecule has 7 nitrogen and oxygen atoms in total. The zero-order valence-corrected chi connectivity index (χ0v) is 19.9. The second-order valence-electron chi connectivity index (χ2n) is 7.88. The first-order chi connectivity index (χ1) is 16.4. The fraction of sp³-hybridized carbons (Fsp3) is 0.200. The molecule has 2 atom stereocenters. The molecule has 0 aromatic heterocycles. The summed E-state index contributed by atoms with van der Waals surface area (Å²) in [6.07, 6.45) is -0.285. The van der Waals surface area contributed by atoms with Crippen molar-refractivity contribution in [2.75, 3.05) is 14.2 Å². The monoisotopic (exact) mass is 526 g/mol. The summed E-state index contributed by atoms with van der Waals surface area (Å²) < 4.78 is 31.4. The second kappa shape index (κ2) is 8.64. The summed E-state index contributed by atoms with van der Waals surface area (Å²) in [5, 5.41) is 16.7. The van der Waals surface area contributed by atoms with E-state index < -0.39 is 12.2 Å². The Bertz CT molecular complexity index is 1310. The van der Waals surface area contributed by atoms with Crippen LogP contribution in [0.2, 0.25) is 0 Å². The summed E-state index contributed by atoms with van der Waals surface area (Å²) in [6, 6.07) is 14.9. The molecule has 34 heavy (non-hydrogen) atoms. The van der Waals surface area contributed by atoms with Crippen LogP contribution in [0.3, 0.4) is 0 Å². The Kier molecular flexibility index (Phi) is 5.65. The van der Waals surface area contributed by atoms with E-state index in [1.165, 1.54) is 26.4 Å². The fourth-order valence-corrected chi connectivity index (χ4v) is 4.83. The van der Waals surface area contributed by atoms with Gasteiger partial charge < -0.3 is 19.3 Å². The van der Waals surface area contributed by atoms with Gasteiger partial charge in [-0.05, 0) is 48.0 Å². The summed E-state index contributed by atoms with van der Waals surface area (Å²) in [6.45, 7) is 0. The Morgan fingerprint density at radius 1 is 1.12 bits per heavy atom. The number of carboxylic acid groups (broad SMARTS) is 1. The minimum atomic E-state index is -1.17. The maximum Gasteiger partial charge on any atom is 0.340 e. The van der Waals surface area contributed by atoms with Crippen LogP contribution < -0.4 is 14.2 Å². The van der Waals surface area contributed by atoms with Crippen molar-refractivity contribution in [3.63, 3.8) is 0 Å². The molecule has 0 aliphatic carbocycles. The van der Waals surface area contributed by atoms with E-state index in [2.05, 4.69) is 15.9 Å². The van der Waals surface area contributed by atoms with E-state index in [1.54, 1.807) is 29.3 Å². The van der Waals surface area contributed by atoms with Gasteiger partial charge >= 0.3 is 5.97 Å². The molecule has 174 valence electrons. The average molecular weight is 527 g/mol. The highest BCUT2D eigenvalue weighted by molar-refractivity contribution is 9.10. The molecule has 5 rings (SSSR count). The van der Waals surface area contributed by atoms with Crippen molar-refractivity contribution in [2.24, 2.45) is 5.10 Å². The number of rotatable bonds is 5. The van der Waals surface area contributed by atoms with Gasteiger partial charge in [-0.3, -0.25) is 0 Å². The Morgan fingerprint density at radius 2 is 1.88 bits per heavy atom. The molecule has 2 aliphatic rings. The first kappa shape index (κ1) is 22.2. The number of carbonyl (C=O) groups is 1. The highest BCUT2D eigenvalue weighted by Gasteiger charge is 2.43. The number of methoxy groups -OCH3 is 2. The van der Waals surface area contributed by atoms with Gasteiger partial charge in [0.05, 0.1) is 26.0 Å². The molecule has 2 aliphatic heterocycles. The lowest BCUT2D eigenvalue weighted by Gasteiger charge is -2.38. The Morgan fingerprint density at radius 3 is 2.56 bits per heavy atom. The third-order valence-electron chi connectivity index (χ3n) is 5.99. The number of fused-ring (bicyclic) bond motifs is 3. The molecule has 0 amide bonds. The minimum absolute atomic E-state index is 0.0587. The first-order valence-corrected chi connectivity index (χ1v) is 11.3. The molecule has 3 aromatic carbocycles. The van der Waals surface area contributed by atoms with Gasteiger partial charge in [0.25, 0.3) is 0 Å². The minimum Gasteiger partial charge on any atom is -0.493 e. The average Bonchev–Trinajstić information content (AvgIpc) is 3.29. The van der Waals surface area contributed by atoms with Crippen LogP contribution >= 0.6 is 15.9 Å². The van der Waals surface area contributed by atoms with Crippen LogP contribution in [0.25, 0.3) is 0 Å². The van der Waals surface area contributed by atoms with Gasteiger partial charge in [0.1, 0.15) is 17.1 Å². The van der Waals surface area contributed by atoms with Gasteiger partial charge in [-0.2, -0.15) is 5.10 Å². The number of carboxylic acids is 1. The molecule has 2 heterocycles. The van der Waals surface area contributed by atoms with Gasteiger partial charge in [0.15, 0.2) is 11.5 Å². The van der Waals surface area contributed by atoms with E-state index in [4.69, 9.17) is 19.3 Å². The van der Waals surface area contributed by atoms with E-state index in [1.807, 2.05) is 18.2 Å². The van der Waals surface area contributed by atoms with E-state index in [0.717, 1.165) is 21.3 Å². The molecular weight excluding hydrogens is 507 g/mol. The van der Waals surface area contributed by atoms with Crippen molar-refractivity contribution in [3.05, 3.63) is 87.1 Å². The normalized spacial score (nSPS) is 18.5. The highest BCUT2D eigenvalue weighted by atomic mass is 79.9. The van der Waals surface area contributed by atoms with E-state index >= 15 is 0 Å². The van der Waals surface area contributed by atoms with Crippen molar-refractivity contribution < 1.29 is 28.5 Å². The molecular formula is C25H20BrFN2O5. The smallest absolute Gasteiger partial charge is 0.340 e. The molecule has 0 fully saturated rings. The third-order valence-corrected chi connectivity index (χ3v) is 6.48. The number of ether oxygens (including phenoxy) is 3. The molecule has 0 saturated heterocycles. The number of nitrogens with zero attached hydrogens (tertiary/aromatic N) is 2. The largest absolute Gasteiger partial charge is 0.493 e. The van der Waals surface area contributed by atoms with E-state index in [9.17, 15) is 14.3 Å². The summed E-state index contributed by atoms with van der Waals surface area (Å²) >= 11 is 3.52. The van der Waals surface area contributed by atoms with Crippen molar-refractivity contribution in [1.29, 1.82) is 0 Å². The first-order valence-electron chi connectivity index (χ1n) is 10.5. The number of hydrogen-bond acceptors (Lipinski definition) is 6. The predicted molar refractivity (Wildman–Crippen MR) is 126 cm³/mol. The van der Waals surface area contributed by atoms with Crippen molar-refractivity contribution in [1.82, 2.24) is 5.01 Å². The maximum absolute atomic E-state index is 13.5. The molecule has 0 saturated carbocycles. The second-order valence-corrected chi connectivity index (χ2v) is 8.79. The summed E-state index contributed by atoms with van der Waals surface area (Å²) in [5.74, 6) is -0.453. The van der Waals surface area contributed by atoms with Gasteiger partial charge in [-0.1, -0.05) is 28.1 Å². The molecule has 0 bridgehead atoms. The number of hydrazone groups is 1. The molecule has 0 unspecified atom stereocenters. The zero-order valence-electron chi connectivity index (χ0n) is 18.3. The van der Waals surface area contributed by atoms with Crippen molar-refractivity contribution >= 4 is 27.6 Å². The van der Waals surface area contributed by atoms with Crippen LogP contribution in [0.5, 0.6) is 17.2 Å². The highest BCUT2D eigenvalue weighted by Crippen LogP contribution is 2.50. The van der Waals surface area contributed by atoms with Gasteiger partial charge in [0.2, 0.25) is 6.23 Å². The van der Waals surface area contributed by atoms with Crippen LogP contribution in [0, 0.1) is 5.82 Å². The SMILES string of the molecule is COc1ccc([C@H]2Oc3ccc(Br)cc3[C@H]3CC(c4ccc(F)cc4)=NN32)c(C(=O)O)c1OC. The molecule has 1 N–H and O–H groups in total. The molecule has 3 aromatic rings. The van der Waals surface area contributed by atoms with Crippen LogP contribution in [-0.2, 0) is 0 Å². The topological polar surface area (TPSA) is 80.6 Å². The maximum atomic E-state index is 13.5.